The van der Waals surface area contributed by atoms with Gasteiger partial charge in [0.2, 0.25) is 0 Å². The highest BCUT2D eigenvalue weighted by atomic mass is 16.6. The number of para-hydroxylation sites is 1. The van der Waals surface area contributed by atoms with Crippen LogP contribution in [0, 0.1) is 11.3 Å². The highest BCUT2D eigenvalue weighted by molar-refractivity contribution is 5.94. The number of aliphatic hydroxyl groups is 1. The summed E-state index contributed by atoms with van der Waals surface area (Å²) in [5.41, 5.74) is 2.92. The number of aromatic nitrogens is 1. The SMILES string of the molecule is CCOCC1(O)[C@H](OC(C)=O)[C@]2(CC)C=CCN3CC[C@@]4(c5cc([C@@]6(C(=O)OC)C[C@@H]7C=C(CC)CN(CCc8c6[nH]c6ccccc86)C7)c(OC)cc5N(C)[C@@H]14)[C@@H]32. The molecule has 1 saturated heterocycles. The van der Waals surface area contributed by atoms with Gasteiger partial charge in [0.05, 0.1) is 26.9 Å². The molecule has 1 saturated carbocycles. The monoisotopic (exact) mass is 792 g/mol. The molecule has 2 bridgehead atoms. The largest absolute Gasteiger partial charge is 0.496 e. The first-order chi connectivity index (χ1) is 28.0. The molecule has 6 heterocycles. The molecule has 2 aromatic carbocycles. The molecule has 9 atom stereocenters. The fraction of sp³-hybridized carbons (Fsp3) is 0.574. The third-order valence-electron chi connectivity index (χ3n) is 15.2. The Morgan fingerprint density at radius 2 is 1.86 bits per heavy atom. The molecular formula is C47H60N4O7. The van der Waals surface area contributed by atoms with Crippen LogP contribution in [0.3, 0.4) is 0 Å². The van der Waals surface area contributed by atoms with Crippen molar-refractivity contribution >= 4 is 28.5 Å². The first kappa shape index (κ1) is 39.3. The second-order valence-electron chi connectivity index (χ2n) is 17.8. The number of ether oxygens (including phenoxy) is 4. The number of carbonyl (C=O) groups excluding carboxylic acids is 2. The topological polar surface area (TPSA) is 117 Å². The lowest BCUT2D eigenvalue weighted by Gasteiger charge is -2.64. The first-order valence-electron chi connectivity index (χ1n) is 21.4. The number of hydrogen-bond acceptors (Lipinski definition) is 10. The highest BCUT2D eigenvalue weighted by Gasteiger charge is 2.78. The molecule has 0 amide bonds. The van der Waals surface area contributed by atoms with Crippen molar-refractivity contribution in [1.82, 2.24) is 14.8 Å². The lowest BCUT2D eigenvalue weighted by molar-refractivity contribution is -0.232. The summed E-state index contributed by atoms with van der Waals surface area (Å²) < 4.78 is 25.0. The van der Waals surface area contributed by atoms with Crippen LogP contribution in [0.2, 0.25) is 0 Å². The molecule has 58 heavy (non-hydrogen) atoms. The minimum absolute atomic E-state index is 0.00665. The summed E-state index contributed by atoms with van der Waals surface area (Å²) >= 11 is 0. The van der Waals surface area contributed by atoms with Crippen LogP contribution in [-0.4, -0.2) is 123 Å². The van der Waals surface area contributed by atoms with Crippen LogP contribution in [0.4, 0.5) is 5.69 Å². The average Bonchev–Trinajstić information content (AvgIpc) is 3.89. The maximum absolute atomic E-state index is 15.3. The number of carbonyl (C=O) groups is 2. The van der Waals surface area contributed by atoms with E-state index < -0.39 is 40.0 Å². The first-order valence-corrected chi connectivity index (χ1v) is 21.4. The molecule has 1 aromatic heterocycles. The zero-order valence-corrected chi connectivity index (χ0v) is 35.2. The molecular weight excluding hydrogens is 733 g/mol. The number of hydrogen-bond donors (Lipinski definition) is 2. The third kappa shape index (κ3) is 5.24. The Balaban J connectivity index is 1.36. The molecule has 2 fully saturated rings. The molecule has 0 radical (unpaired) electrons. The molecule has 1 spiro atoms. The van der Waals surface area contributed by atoms with Gasteiger partial charge >= 0.3 is 11.9 Å². The minimum atomic E-state index is -1.59. The van der Waals surface area contributed by atoms with Crippen LogP contribution >= 0.6 is 0 Å². The lowest BCUT2D eigenvalue weighted by atomic mass is 9.47. The number of nitrogens with zero attached hydrogens (tertiary/aromatic N) is 3. The van der Waals surface area contributed by atoms with Crippen molar-refractivity contribution in [3.8, 4) is 5.75 Å². The second kappa shape index (κ2) is 14.2. The van der Waals surface area contributed by atoms with E-state index in [2.05, 4.69) is 82.1 Å². The number of nitrogens with one attached hydrogen (secondary N) is 1. The average molecular weight is 793 g/mol. The lowest BCUT2D eigenvalue weighted by Crippen LogP contribution is -2.80. The van der Waals surface area contributed by atoms with Gasteiger partial charge in [0.25, 0.3) is 0 Å². The van der Waals surface area contributed by atoms with Gasteiger partial charge in [-0.15, -0.1) is 0 Å². The Bertz CT molecular complexity index is 2200. The molecule has 6 aliphatic rings. The van der Waals surface area contributed by atoms with Gasteiger partial charge in [-0.1, -0.05) is 55.8 Å². The molecule has 2 N–H and O–H groups in total. The number of benzene rings is 2. The van der Waals surface area contributed by atoms with Crippen molar-refractivity contribution in [1.29, 1.82) is 0 Å². The van der Waals surface area contributed by atoms with Gasteiger partial charge in [-0.3, -0.25) is 19.4 Å². The number of fused-ring (bicyclic) bond motifs is 6. The number of methoxy groups -OCH3 is 2. The molecule has 2 unspecified atom stereocenters. The predicted octanol–water partition coefficient (Wildman–Crippen LogP) is 5.66. The van der Waals surface area contributed by atoms with E-state index in [1.54, 1.807) is 7.11 Å². The van der Waals surface area contributed by atoms with Crippen LogP contribution in [-0.2, 0) is 41.1 Å². The number of likely N-dealkylation sites (N-methyl/N-ethyl adjacent to an activating group) is 1. The van der Waals surface area contributed by atoms with Gasteiger partial charge in [-0.2, -0.15) is 0 Å². The van der Waals surface area contributed by atoms with Crippen LogP contribution in [0.15, 0.2) is 60.2 Å². The highest BCUT2D eigenvalue weighted by Crippen LogP contribution is 2.68. The van der Waals surface area contributed by atoms with Crippen molar-refractivity contribution < 1.29 is 33.6 Å². The van der Waals surface area contributed by atoms with E-state index in [0.29, 0.717) is 25.2 Å². The fourth-order valence-corrected chi connectivity index (χ4v) is 13.2. The number of anilines is 1. The quantitative estimate of drug-likeness (QED) is 0.208. The summed E-state index contributed by atoms with van der Waals surface area (Å²) in [6, 6.07) is 12.1. The Morgan fingerprint density at radius 1 is 1.05 bits per heavy atom. The summed E-state index contributed by atoms with van der Waals surface area (Å²) in [6.45, 7) is 12.3. The van der Waals surface area contributed by atoms with Crippen molar-refractivity contribution in [2.75, 3.05) is 72.1 Å². The fourth-order valence-electron chi connectivity index (χ4n) is 13.2. The van der Waals surface area contributed by atoms with Gasteiger partial charge in [0.1, 0.15) is 22.9 Å². The second-order valence-corrected chi connectivity index (χ2v) is 17.8. The van der Waals surface area contributed by atoms with E-state index in [-0.39, 0.29) is 24.5 Å². The van der Waals surface area contributed by atoms with E-state index in [0.717, 1.165) is 91.0 Å². The molecule has 1 aliphatic carbocycles. The van der Waals surface area contributed by atoms with E-state index in [1.165, 1.54) is 19.6 Å². The summed E-state index contributed by atoms with van der Waals surface area (Å²) in [6.07, 6.45) is 9.56. The van der Waals surface area contributed by atoms with Crippen molar-refractivity contribution in [2.24, 2.45) is 11.3 Å². The predicted molar refractivity (Wildman–Crippen MR) is 223 cm³/mol. The summed E-state index contributed by atoms with van der Waals surface area (Å²) in [4.78, 5) is 39.5. The molecule has 11 nitrogen and oxygen atoms in total. The van der Waals surface area contributed by atoms with Crippen molar-refractivity contribution in [3.63, 3.8) is 0 Å². The van der Waals surface area contributed by atoms with E-state index in [9.17, 15) is 9.90 Å². The Kier molecular flexibility index (Phi) is 9.65. The maximum Gasteiger partial charge on any atom is 0.322 e. The molecule has 11 heteroatoms. The van der Waals surface area contributed by atoms with Crippen molar-refractivity contribution in [2.45, 2.75) is 94.4 Å². The summed E-state index contributed by atoms with van der Waals surface area (Å²) in [5, 5.41) is 14.6. The summed E-state index contributed by atoms with van der Waals surface area (Å²) in [7, 11) is 5.23. The van der Waals surface area contributed by atoms with Gasteiger partial charge in [0.15, 0.2) is 0 Å². The maximum atomic E-state index is 15.3. The van der Waals surface area contributed by atoms with Gasteiger partial charge in [0, 0.05) is 97.5 Å². The van der Waals surface area contributed by atoms with Crippen LogP contribution in [0.1, 0.15) is 75.8 Å². The van der Waals surface area contributed by atoms with E-state index in [4.69, 9.17) is 18.9 Å². The number of esters is 2. The van der Waals surface area contributed by atoms with E-state index >= 15 is 4.79 Å². The Labute approximate surface area is 342 Å². The smallest absolute Gasteiger partial charge is 0.322 e. The Morgan fingerprint density at radius 3 is 2.59 bits per heavy atom. The number of rotatable bonds is 9. The van der Waals surface area contributed by atoms with Crippen LogP contribution in [0.25, 0.3) is 10.9 Å². The Hall–Kier alpha value is -4.16. The molecule has 5 aliphatic heterocycles. The third-order valence-corrected chi connectivity index (χ3v) is 15.2. The van der Waals surface area contributed by atoms with Gasteiger partial charge in [-0.25, -0.2) is 0 Å². The van der Waals surface area contributed by atoms with Gasteiger partial charge < -0.3 is 33.9 Å². The van der Waals surface area contributed by atoms with Gasteiger partial charge in [-0.05, 0) is 74.8 Å². The molecule has 310 valence electrons. The summed E-state index contributed by atoms with van der Waals surface area (Å²) in [5.74, 6) is -0.0955. The zero-order chi connectivity index (χ0) is 40.8. The van der Waals surface area contributed by atoms with Crippen molar-refractivity contribution in [3.05, 3.63) is 82.6 Å². The minimum Gasteiger partial charge on any atom is -0.496 e. The molecule has 9 rings (SSSR count). The van der Waals surface area contributed by atoms with E-state index in [1.807, 2.05) is 20.0 Å². The normalized spacial score (nSPS) is 34.9. The number of aromatic amines is 1. The zero-order valence-electron chi connectivity index (χ0n) is 35.2. The number of H-pyrrole nitrogens is 1. The van der Waals surface area contributed by atoms with Crippen LogP contribution in [0.5, 0.6) is 5.75 Å². The standard InChI is InChI=1S/C47H60N4O7/c1-8-30-22-31-25-46(43(53)56-7,39-33(16-20-50(26-30)27-31)32-14-11-12-15-36(32)48-39)35-23-34-37(24-38(35)55-6)49(5)41-45(34)18-21-51-19-13-17-44(9-2,40(45)51)42(58-29(4)52)47(41,54)28-57-10-3/h11-15,17,22-24,31,40-42,48,54H,8-10,16,18-21,25-28H2,1-7H3/t31-,40-,41+,42+,44+,45+,46-,47?/m0/s1. The van der Waals surface area contributed by atoms with Crippen LogP contribution < -0.4 is 9.64 Å². The molecule has 3 aromatic rings.